The molecule has 1 heterocycles. The summed E-state index contributed by atoms with van der Waals surface area (Å²) in [4.78, 5) is 16.9. The van der Waals surface area contributed by atoms with Gasteiger partial charge in [-0.15, -0.1) is 0 Å². The minimum absolute atomic E-state index is 0.237. The van der Waals surface area contributed by atoms with Gasteiger partial charge in [0.05, 0.1) is 6.42 Å². The molecule has 0 atom stereocenters. The number of para-hydroxylation sites is 1. The Kier molecular flexibility index (Phi) is 4.65. The number of carbonyl (C=O) groups is 1. The Balaban J connectivity index is 1.57. The van der Waals surface area contributed by atoms with E-state index in [1.54, 1.807) is 0 Å². The number of aryl methyl sites for hydroxylation is 2. The lowest BCUT2D eigenvalue weighted by molar-refractivity contribution is -0.130. The van der Waals surface area contributed by atoms with Crippen molar-refractivity contribution in [3.63, 3.8) is 0 Å². The first kappa shape index (κ1) is 15.6. The van der Waals surface area contributed by atoms with E-state index in [0.717, 1.165) is 31.7 Å². The molecular formula is C20H24N2O. The number of amides is 1. The van der Waals surface area contributed by atoms with Gasteiger partial charge < -0.3 is 9.80 Å². The fraction of sp³-hybridized carbons (Fsp3) is 0.350. The maximum absolute atomic E-state index is 12.5. The molecule has 3 heteroatoms. The van der Waals surface area contributed by atoms with Crippen LogP contribution in [-0.4, -0.2) is 37.0 Å². The smallest absolute Gasteiger partial charge is 0.227 e. The SMILES string of the molecule is Cc1ccc(CC(=O)N2CCN(c3ccccc3)CC2)cc1C. The molecule has 1 aliphatic rings. The van der Waals surface area contributed by atoms with Crippen molar-refractivity contribution in [2.75, 3.05) is 31.1 Å². The van der Waals surface area contributed by atoms with Crippen LogP contribution in [0.4, 0.5) is 5.69 Å². The van der Waals surface area contributed by atoms with E-state index in [4.69, 9.17) is 0 Å². The van der Waals surface area contributed by atoms with Crippen molar-refractivity contribution in [2.24, 2.45) is 0 Å². The monoisotopic (exact) mass is 308 g/mol. The fourth-order valence-corrected chi connectivity index (χ4v) is 3.05. The first-order chi connectivity index (χ1) is 11.1. The summed E-state index contributed by atoms with van der Waals surface area (Å²) in [5.41, 5.74) is 4.89. The van der Waals surface area contributed by atoms with E-state index in [1.807, 2.05) is 11.0 Å². The number of hydrogen-bond acceptors (Lipinski definition) is 2. The number of anilines is 1. The lowest BCUT2D eigenvalue weighted by atomic mass is 10.0. The molecule has 1 aliphatic heterocycles. The third-order valence-corrected chi connectivity index (χ3v) is 4.68. The molecular weight excluding hydrogens is 284 g/mol. The molecule has 0 N–H and O–H groups in total. The van der Waals surface area contributed by atoms with Gasteiger partial charge in [-0.05, 0) is 42.7 Å². The van der Waals surface area contributed by atoms with E-state index in [-0.39, 0.29) is 5.91 Å². The molecule has 1 saturated heterocycles. The highest BCUT2D eigenvalue weighted by molar-refractivity contribution is 5.79. The molecule has 23 heavy (non-hydrogen) atoms. The van der Waals surface area contributed by atoms with Crippen LogP contribution in [-0.2, 0) is 11.2 Å². The third-order valence-electron chi connectivity index (χ3n) is 4.68. The van der Waals surface area contributed by atoms with Gasteiger partial charge in [-0.1, -0.05) is 36.4 Å². The largest absolute Gasteiger partial charge is 0.368 e. The second-order valence-electron chi connectivity index (χ2n) is 6.30. The van der Waals surface area contributed by atoms with E-state index >= 15 is 0 Å². The van der Waals surface area contributed by atoms with Crippen molar-refractivity contribution in [2.45, 2.75) is 20.3 Å². The minimum atomic E-state index is 0.237. The van der Waals surface area contributed by atoms with Crippen LogP contribution >= 0.6 is 0 Å². The fourth-order valence-electron chi connectivity index (χ4n) is 3.05. The summed E-state index contributed by atoms with van der Waals surface area (Å²) in [6.45, 7) is 7.62. The molecule has 0 bridgehead atoms. The van der Waals surface area contributed by atoms with Crippen molar-refractivity contribution in [3.8, 4) is 0 Å². The molecule has 3 nitrogen and oxygen atoms in total. The van der Waals surface area contributed by atoms with E-state index in [9.17, 15) is 4.79 Å². The zero-order valence-corrected chi connectivity index (χ0v) is 14.0. The zero-order valence-electron chi connectivity index (χ0n) is 14.0. The Morgan fingerprint density at radius 3 is 2.26 bits per heavy atom. The minimum Gasteiger partial charge on any atom is -0.368 e. The van der Waals surface area contributed by atoms with Crippen molar-refractivity contribution in [1.82, 2.24) is 4.90 Å². The summed E-state index contributed by atoms with van der Waals surface area (Å²) in [5.74, 6) is 0.237. The quantitative estimate of drug-likeness (QED) is 0.869. The normalized spacial score (nSPS) is 14.9. The summed E-state index contributed by atoms with van der Waals surface area (Å²) in [6.07, 6.45) is 0.506. The van der Waals surface area contributed by atoms with Crippen molar-refractivity contribution in [1.29, 1.82) is 0 Å². The van der Waals surface area contributed by atoms with Gasteiger partial charge in [-0.3, -0.25) is 4.79 Å². The second kappa shape index (κ2) is 6.86. The number of piperazine rings is 1. The summed E-state index contributed by atoms with van der Waals surface area (Å²) in [6, 6.07) is 16.7. The number of rotatable bonds is 3. The van der Waals surface area contributed by atoms with Gasteiger partial charge in [0.15, 0.2) is 0 Å². The van der Waals surface area contributed by atoms with E-state index in [2.05, 4.69) is 61.2 Å². The first-order valence-electron chi connectivity index (χ1n) is 8.27. The molecule has 0 aliphatic carbocycles. The van der Waals surface area contributed by atoms with E-state index in [0.29, 0.717) is 6.42 Å². The molecule has 0 radical (unpaired) electrons. The molecule has 1 amide bonds. The Labute approximate surface area is 138 Å². The number of nitrogens with zero attached hydrogens (tertiary/aromatic N) is 2. The Morgan fingerprint density at radius 1 is 0.913 bits per heavy atom. The van der Waals surface area contributed by atoms with Crippen LogP contribution in [0.1, 0.15) is 16.7 Å². The highest BCUT2D eigenvalue weighted by Crippen LogP contribution is 2.16. The summed E-state index contributed by atoms with van der Waals surface area (Å²) < 4.78 is 0. The van der Waals surface area contributed by atoms with Crippen LogP contribution in [0.3, 0.4) is 0 Å². The molecule has 3 rings (SSSR count). The summed E-state index contributed by atoms with van der Waals surface area (Å²) in [7, 11) is 0. The number of benzene rings is 2. The van der Waals surface area contributed by atoms with E-state index < -0.39 is 0 Å². The van der Waals surface area contributed by atoms with Crippen LogP contribution < -0.4 is 4.90 Å². The Morgan fingerprint density at radius 2 is 1.61 bits per heavy atom. The number of hydrogen-bond donors (Lipinski definition) is 0. The van der Waals surface area contributed by atoms with Crippen molar-refractivity contribution in [3.05, 3.63) is 65.2 Å². The van der Waals surface area contributed by atoms with Gasteiger partial charge in [0.25, 0.3) is 0 Å². The summed E-state index contributed by atoms with van der Waals surface area (Å²) in [5, 5.41) is 0. The van der Waals surface area contributed by atoms with Crippen LogP contribution in [0, 0.1) is 13.8 Å². The van der Waals surface area contributed by atoms with Gasteiger partial charge in [0, 0.05) is 31.9 Å². The van der Waals surface area contributed by atoms with Gasteiger partial charge in [0.2, 0.25) is 5.91 Å². The highest BCUT2D eigenvalue weighted by atomic mass is 16.2. The van der Waals surface area contributed by atoms with E-state index in [1.165, 1.54) is 16.8 Å². The molecule has 0 unspecified atom stereocenters. The first-order valence-corrected chi connectivity index (χ1v) is 8.27. The molecule has 2 aromatic carbocycles. The topological polar surface area (TPSA) is 23.6 Å². The molecule has 0 spiro atoms. The average molecular weight is 308 g/mol. The molecule has 0 aromatic heterocycles. The number of carbonyl (C=O) groups excluding carboxylic acids is 1. The Hall–Kier alpha value is -2.29. The van der Waals surface area contributed by atoms with Gasteiger partial charge in [0.1, 0.15) is 0 Å². The van der Waals surface area contributed by atoms with Crippen LogP contribution in [0.5, 0.6) is 0 Å². The standard InChI is InChI=1S/C20H24N2O/c1-16-8-9-18(14-17(16)2)15-20(23)22-12-10-21(11-13-22)19-6-4-3-5-7-19/h3-9,14H,10-13,15H2,1-2H3. The molecule has 120 valence electrons. The summed E-state index contributed by atoms with van der Waals surface area (Å²) >= 11 is 0. The second-order valence-corrected chi connectivity index (χ2v) is 6.30. The van der Waals surface area contributed by atoms with Crippen molar-refractivity contribution >= 4 is 11.6 Å². The maximum atomic E-state index is 12.5. The molecule has 0 saturated carbocycles. The predicted molar refractivity (Wildman–Crippen MR) is 94.9 cm³/mol. The molecule has 1 fully saturated rings. The van der Waals surface area contributed by atoms with Crippen molar-refractivity contribution < 1.29 is 4.79 Å². The molecule has 2 aromatic rings. The lowest BCUT2D eigenvalue weighted by Crippen LogP contribution is -2.49. The predicted octanol–water partition coefficient (Wildman–Crippen LogP) is 3.19. The van der Waals surface area contributed by atoms with Gasteiger partial charge in [-0.2, -0.15) is 0 Å². The van der Waals surface area contributed by atoms with Crippen LogP contribution in [0.25, 0.3) is 0 Å². The Bertz CT molecular complexity index is 673. The van der Waals surface area contributed by atoms with Gasteiger partial charge in [-0.25, -0.2) is 0 Å². The highest BCUT2D eigenvalue weighted by Gasteiger charge is 2.21. The lowest BCUT2D eigenvalue weighted by Gasteiger charge is -2.36. The van der Waals surface area contributed by atoms with Crippen LogP contribution in [0.2, 0.25) is 0 Å². The average Bonchev–Trinajstić information content (AvgIpc) is 2.59. The van der Waals surface area contributed by atoms with Crippen LogP contribution in [0.15, 0.2) is 48.5 Å². The zero-order chi connectivity index (χ0) is 16.2. The maximum Gasteiger partial charge on any atom is 0.227 e. The van der Waals surface area contributed by atoms with Gasteiger partial charge >= 0.3 is 0 Å². The third kappa shape index (κ3) is 3.73.